The summed E-state index contributed by atoms with van der Waals surface area (Å²) in [4.78, 5) is 11.8. The highest BCUT2D eigenvalue weighted by Gasteiger charge is 2.34. The fraction of sp³-hybridized carbons (Fsp3) is 0.375. The van der Waals surface area contributed by atoms with Gasteiger partial charge < -0.3 is 10.6 Å². The monoisotopic (exact) mass is 269 g/mol. The minimum absolute atomic E-state index is 0.275. The van der Waals surface area contributed by atoms with Crippen molar-refractivity contribution in [3.8, 4) is 6.07 Å². The quantitative estimate of drug-likeness (QED) is 0.867. The Bertz CT molecular complexity index is 608. The fourth-order valence-electron chi connectivity index (χ4n) is 2.61. The summed E-state index contributed by atoms with van der Waals surface area (Å²) in [5.41, 5.74) is 3.07. The van der Waals surface area contributed by atoms with E-state index in [1.165, 1.54) is 0 Å². The van der Waals surface area contributed by atoms with Crippen LogP contribution >= 0.6 is 0 Å². The molecule has 0 saturated heterocycles. The Balaban J connectivity index is 2.53. The van der Waals surface area contributed by atoms with E-state index in [2.05, 4.69) is 16.7 Å². The van der Waals surface area contributed by atoms with Gasteiger partial charge in [0, 0.05) is 17.5 Å². The summed E-state index contributed by atoms with van der Waals surface area (Å²) in [6.07, 6.45) is 0.798. The zero-order valence-corrected chi connectivity index (χ0v) is 12.1. The van der Waals surface area contributed by atoms with E-state index in [-0.39, 0.29) is 11.4 Å². The van der Waals surface area contributed by atoms with Crippen molar-refractivity contribution in [3.05, 3.63) is 41.0 Å². The molecule has 2 N–H and O–H groups in total. The van der Waals surface area contributed by atoms with E-state index in [4.69, 9.17) is 0 Å². The highest BCUT2D eigenvalue weighted by atomic mass is 16.2. The van der Waals surface area contributed by atoms with Gasteiger partial charge in [0.15, 0.2) is 0 Å². The summed E-state index contributed by atoms with van der Waals surface area (Å²) >= 11 is 0. The van der Waals surface area contributed by atoms with Crippen LogP contribution < -0.4 is 10.6 Å². The number of benzene rings is 1. The third-order valence-electron chi connectivity index (χ3n) is 3.53. The van der Waals surface area contributed by atoms with E-state index in [9.17, 15) is 10.1 Å². The SMILES string of the molecule is CCNC(=O)NC1=C(C#N)C(C)(C)Cc2ccccc21. The molecule has 104 valence electrons. The Hall–Kier alpha value is -2.28. The Morgan fingerprint density at radius 1 is 1.40 bits per heavy atom. The third kappa shape index (κ3) is 2.53. The number of hydrogen-bond donors (Lipinski definition) is 2. The first-order valence-corrected chi connectivity index (χ1v) is 6.77. The molecule has 0 spiro atoms. The van der Waals surface area contributed by atoms with Crippen LogP contribution in [-0.4, -0.2) is 12.6 Å². The minimum Gasteiger partial charge on any atom is -0.338 e. The van der Waals surface area contributed by atoms with Gasteiger partial charge in [-0.05, 0) is 18.9 Å². The third-order valence-corrected chi connectivity index (χ3v) is 3.53. The predicted octanol–water partition coefficient (Wildman–Crippen LogP) is 2.82. The van der Waals surface area contributed by atoms with Gasteiger partial charge in [-0.2, -0.15) is 5.26 Å². The molecule has 4 nitrogen and oxygen atoms in total. The molecule has 1 aliphatic rings. The second kappa shape index (κ2) is 5.38. The molecule has 4 heteroatoms. The number of rotatable bonds is 2. The highest BCUT2D eigenvalue weighted by molar-refractivity contribution is 5.89. The lowest BCUT2D eigenvalue weighted by Crippen LogP contribution is -2.37. The first-order chi connectivity index (χ1) is 9.49. The number of nitriles is 1. The topological polar surface area (TPSA) is 64.9 Å². The molecule has 0 bridgehead atoms. The molecule has 2 amide bonds. The number of nitrogens with zero attached hydrogens (tertiary/aromatic N) is 1. The van der Waals surface area contributed by atoms with Crippen molar-refractivity contribution in [3.63, 3.8) is 0 Å². The van der Waals surface area contributed by atoms with Crippen molar-refractivity contribution >= 4 is 11.7 Å². The number of carbonyl (C=O) groups excluding carboxylic acids is 1. The second-order valence-corrected chi connectivity index (χ2v) is 5.56. The standard InChI is InChI=1S/C16H19N3O/c1-4-18-15(20)19-14-12-8-6-5-7-11(12)9-16(2,3)13(14)10-17/h5-8H,4,9H2,1-3H3,(H2,18,19,20). The molecule has 0 radical (unpaired) electrons. The van der Waals surface area contributed by atoms with Crippen LogP contribution in [0.1, 0.15) is 31.9 Å². The predicted molar refractivity (Wildman–Crippen MR) is 78.7 cm³/mol. The molecule has 1 aromatic rings. The average Bonchev–Trinajstić information content (AvgIpc) is 2.38. The van der Waals surface area contributed by atoms with Crippen molar-refractivity contribution in [2.45, 2.75) is 27.2 Å². The van der Waals surface area contributed by atoms with Crippen molar-refractivity contribution < 1.29 is 4.79 Å². The normalized spacial score (nSPS) is 16.1. The first-order valence-electron chi connectivity index (χ1n) is 6.77. The maximum absolute atomic E-state index is 11.8. The minimum atomic E-state index is -0.280. The maximum atomic E-state index is 11.8. The molecule has 0 fully saturated rings. The zero-order chi connectivity index (χ0) is 14.8. The number of fused-ring (bicyclic) bond motifs is 1. The van der Waals surface area contributed by atoms with Gasteiger partial charge >= 0.3 is 6.03 Å². The van der Waals surface area contributed by atoms with Crippen LogP contribution in [0.2, 0.25) is 0 Å². The first kappa shape index (κ1) is 14.1. The molecule has 0 unspecified atom stereocenters. The molecular formula is C16H19N3O. The van der Waals surface area contributed by atoms with Gasteiger partial charge in [0.05, 0.1) is 17.3 Å². The van der Waals surface area contributed by atoms with Crippen molar-refractivity contribution in [2.24, 2.45) is 5.41 Å². The van der Waals surface area contributed by atoms with Crippen molar-refractivity contribution in [2.75, 3.05) is 6.54 Å². The van der Waals surface area contributed by atoms with Gasteiger partial charge in [0.1, 0.15) is 0 Å². The van der Waals surface area contributed by atoms with Gasteiger partial charge in [0.25, 0.3) is 0 Å². The van der Waals surface area contributed by atoms with Crippen LogP contribution in [0.3, 0.4) is 0 Å². The largest absolute Gasteiger partial charge is 0.338 e. The molecule has 0 heterocycles. The summed E-state index contributed by atoms with van der Waals surface area (Å²) < 4.78 is 0. The number of carbonyl (C=O) groups is 1. The number of amides is 2. The summed E-state index contributed by atoms with van der Waals surface area (Å²) in [7, 11) is 0. The molecule has 0 aromatic heterocycles. The summed E-state index contributed by atoms with van der Waals surface area (Å²) in [5, 5.41) is 15.0. The van der Waals surface area contributed by atoms with E-state index < -0.39 is 0 Å². The lowest BCUT2D eigenvalue weighted by molar-refractivity contribution is 0.245. The van der Waals surface area contributed by atoms with Crippen molar-refractivity contribution in [1.82, 2.24) is 10.6 Å². The number of hydrogen-bond acceptors (Lipinski definition) is 2. The summed E-state index contributed by atoms with van der Waals surface area (Å²) in [5.74, 6) is 0. The molecule has 1 aromatic carbocycles. The van der Waals surface area contributed by atoms with Crippen LogP contribution in [0.4, 0.5) is 4.79 Å². The van der Waals surface area contributed by atoms with Crippen LogP contribution in [0.25, 0.3) is 5.70 Å². The van der Waals surface area contributed by atoms with E-state index in [1.54, 1.807) is 0 Å². The molecule has 0 saturated carbocycles. The molecule has 0 aliphatic heterocycles. The summed E-state index contributed by atoms with van der Waals surface area (Å²) in [6.45, 7) is 6.46. The summed E-state index contributed by atoms with van der Waals surface area (Å²) in [6, 6.07) is 9.89. The maximum Gasteiger partial charge on any atom is 0.319 e. The van der Waals surface area contributed by atoms with Crippen LogP contribution in [-0.2, 0) is 6.42 Å². The number of urea groups is 1. The van der Waals surface area contributed by atoms with Gasteiger partial charge in [-0.25, -0.2) is 4.79 Å². The van der Waals surface area contributed by atoms with Crippen LogP contribution in [0.15, 0.2) is 29.8 Å². The fourth-order valence-corrected chi connectivity index (χ4v) is 2.61. The van der Waals surface area contributed by atoms with Gasteiger partial charge in [0.2, 0.25) is 0 Å². The van der Waals surface area contributed by atoms with Gasteiger partial charge in [-0.3, -0.25) is 0 Å². The molecule has 0 atom stereocenters. The Kier molecular flexibility index (Phi) is 3.80. The zero-order valence-electron chi connectivity index (χ0n) is 12.1. The lowest BCUT2D eigenvalue weighted by atomic mass is 9.72. The van der Waals surface area contributed by atoms with E-state index in [1.807, 2.05) is 45.0 Å². The smallest absolute Gasteiger partial charge is 0.319 e. The van der Waals surface area contributed by atoms with Crippen molar-refractivity contribution in [1.29, 1.82) is 5.26 Å². The molecule has 2 rings (SSSR count). The number of nitrogens with one attached hydrogen (secondary N) is 2. The van der Waals surface area contributed by atoms with Gasteiger partial charge in [-0.15, -0.1) is 0 Å². The van der Waals surface area contributed by atoms with Gasteiger partial charge in [-0.1, -0.05) is 38.1 Å². The lowest BCUT2D eigenvalue weighted by Gasteiger charge is -2.33. The Labute approximate surface area is 119 Å². The Morgan fingerprint density at radius 2 is 2.10 bits per heavy atom. The van der Waals surface area contributed by atoms with Crippen LogP contribution in [0.5, 0.6) is 0 Å². The average molecular weight is 269 g/mol. The number of allylic oxidation sites excluding steroid dienone is 1. The van der Waals surface area contributed by atoms with E-state index in [0.29, 0.717) is 17.8 Å². The molecule has 1 aliphatic carbocycles. The molecule has 20 heavy (non-hydrogen) atoms. The second-order valence-electron chi connectivity index (χ2n) is 5.56. The Morgan fingerprint density at radius 3 is 2.75 bits per heavy atom. The molecular weight excluding hydrogens is 250 g/mol. The van der Waals surface area contributed by atoms with E-state index in [0.717, 1.165) is 17.5 Å². The van der Waals surface area contributed by atoms with Crippen LogP contribution in [0, 0.1) is 16.7 Å². The highest BCUT2D eigenvalue weighted by Crippen LogP contribution is 2.40. The van der Waals surface area contributed by atoms with E-state index >= 15 is 0 Å².